The molecule has 0 aliphatic rings. The standard InChI is InChI=1S/C5H11O4S/c1-2-3-4-5-9-10(6,7)8/h3H,2,4-5H2,1H3,(H,6,7,8). The lowest BCUT2D eigenvalue weighted by Crippen LogP contribution is -2.04. The minimum Gasteiger partial charge on any atom is -0.264 e. The molecule has 0 aliphatic heterocycles. The van der Waals surface area contributed by atoms with Crippen LogP contribution in [0.4, 0.5) is 0 Å². The van der Waals surface area contributed by atoms with E-state index >= 15 is 0 Å². The number of hydrogen-bond acceptors (Lipinski definition) is 3. The fourth-order valence-electron chi connectivity index (χ4n) is 0.441. The molecule has 0 heterocycles. The van der Waals surface area contributed by atoms with E-state index in [1.165, 1.54) is 0 Å². The second-order valence-corrected chi connectivity index (χ2v) is 2.83. The first-order valence-corrected chi connectivity index (χ1v) is 4.36. The monoisotopic (exact) mass is 167 g/mol. The molecule has 0 unspecified atom stereocenters. The second kappa shape index (κ2) is 4.65. The molecule has 0 rings (SSSR count). The number of hydrogen-bond donors (Lipinski definition) is 1. The molecule has 10 heavy (non-hydrogen) atoms. The third kappa shape index (κ3) is 7.87. The van der Waals surface area contributed by atoms with Crippen LogP contribution in [-0.4, -0.2) is 19.6 Å². The molecule has 0 bridgehead atoms. The molecule has 61 valence electrons. The quantitative estimate of drug-likeness (QED) is 0.486. The SMILES string of the molecule is CC[CH]CCOS(=O)(=O)O. The third-order valence-corrected chi connectivity index (χ3v) is 1.31. The van der Waals surface area contributed by atoms with E-state index in [0.717, 1.165) is 6.42 Å². The first-order chi connectivity index (χ1) is 4.56. The molecule has 0 saturated heterocycles. The van der Waals surface area contributed by atoms with Crippen molar-refractivity contribution >= 4 is 10.4 Å². The summed E-state index contributed by atoms with van der Waals surface area (Å²) in [5.74, 6) is 0. The van der Waals surface area contributed by atoms with Crippen molar-refractivity contribution in [3.63, 3.8) is 0 Å². The van der Waals surface area contributed by atoms with E-state index < -0.39 is 10.4 Å². The van der Waals surface area contributed by atoms with Crippen molar-refractivity contribution in [1.29, 1.82) is 0 Å². The molecule has 0 fully saturated rings. The van der Waals surface area contributed by atoms with Crippen molar-refractivity contribution < 1.29 is 17.2 Å². The summed E-state index contributed by atoms with van der Waals surface area (Å²) in [7, 11) is -4.22. The third-order valence-electron chi connectivity index (χ3n) is 0.843. The van der Waals surface area contributed by atoms with Crippen LogP contribution in [0.25, 0.3) is 0 Å². The van der Waals surface area contributed by atoms with Crippen molar-refractivity contribution in [3.05, 3.63) is 6.42 Å². The van der Waals surface area contributed by atoms with Crippen molar-refractivity contribution in [1.82, 2.24) is 0 Å². The van der Waals surface area contributed by atoms with Crippen LogP contribution in [0.5, 0.6) is 0 Å². The van der Waals surface area contributed by atoms with Gasteiger partial charge in [-0.2, -0.15) is 8.42 Å². The number of unbranched alkanes of at least 4 members (excludes halogenated alkanes) is 2. The summed E-state index contributed by atoms with van der Waals surface area (Å²) in [4.78, 5) is 0. The minimum absolute atomic E-state index is 0.0205. The predicted octanol–water partition coefficient (Wildman–Crippen LogP) is 0.810. The van der Waals surface area contributed by atoms with Gasteiger partial charge in [0.25, 0.3) is 0 Å². The van der Waals surface area contributed by atoms with Gasteiger partial charge in [-0.05, 0) is 12.8 Å². The molecule has 0 aromatic carbocycles. The molecule has 1 radical (unpaired) electrons. The summed E-state index contributed by atoms with van der Waals surface area (Å²) in [6.45, 7) is 1.96. The Morgan fingerprint density at radius 2 is 2.20 bits per heavy atom. The molecular weight excluding hydrogens is 156 g/mol. The highest BCUT2D eigenvalue weighted by molar-refractivity contribution is 7.80. The Kier molecular flexibility index (Phi) is 4.59. The summed E-state index contributed by atoms with van der Waals surface area (Å²) >= 11 is 0. The maximum atomic E-state index is 9.91. The maximum absolute atomic E-state index is 9.91. The molecule has 0 atom stereocenters. The average Bonchev–Trinajstić information content (AvgIpc) is 1.78. The lowest BCUT2D eigenvalue weighted by Gasteiger charge is -1.96. The van der Waals surface area contributed by atoms with E-state index in [4.69, 9.17) is 4.55 Å². The van der Waals surface area contributed by atoms with Gasteiger partial charge in [0.2, 0.25) is 0 Å². The lowest BCUT2D eigenvalue weighted by molar-refractivity contribution is 0.270. The Labute approximate surface area is 61.2 Å². The highest BCUT2D eigenvalue weighted by Gasteiger charge is 2.01. The van der Waals surface area contributed by atoms with Gasteiger partial charge in [-0.1, -0.05) is 13.3 Å². The molecule has 0 aromatic rings. The van der Waals surface area contributed by atoms with Crippen molar-refractivity contribution in [3.8, 4) is 0 Å². The largest absolute Gasteiger partial charge is 0.397 e. The Morgan fingerprint density at radius 3 is 2.60 bits per heavy atom. The number of rotatable bonds is 5. The molecule has 0 saturated carbocycles. The van der Waals surface area contributed by atoms with Crippen LogP contribution in [0.2, 0.25) is 0 Å². The zero-order chi connectivity index (χ0) is 8.04. The van der Waals surface area contributed by atoms with E-state index in [0.29, 0.717) is 6.42 Å². The Balaban J connectivity index is 3.21. The summed E-state index contributed by atoms with van der Waals surface area (Å²) in [6.07, 6.45) is 3.27. The van der Waals surface area contributed by atoms with E-state index in [1.54, 1.807) is 0 Å². The predicted molar refractivity (Wildman–Crippen MR) is 36.7 cm³/mol. The summed E-state index contributed by atoms with van der Waals surface area (Å²) < 4.78 is 31.9. The van der Waals surface area contributed by atoms with Gasteiger partial charge in [0, 0.05) is 0 Å². The topological polar surface area (TPSA) is 63.6 Å². The van der Waals surface area contributed by atoms with Gasteiger partial charge in [-0.15, -0.1) is 0 Å². The first kappa shape index (κ1) is 9.87. The zero-order valence-corrected chi connectivity index (χ0v) is 6.60. The smallest absolute Gasteiger partial charge is 0.264 e. The Bertz CT molecular complexity index is 160. The summed E-state index contributed by atoms with van der Waals surface area (Å²) in [6, 6.07) is 0. The molecular formula is C5H11O4S. The van der Waals surface area contributed by atoms with E-state index in [9.17, 15) is 8.42 Å². The average molecular weight is 167 g/mol. The van der Waals surface area contributed by atoms with Crippen LogP contribution in [0, 0.1) is 6.42 Å². The second-order valence-electron chi connectivity index (χ2n) is 1.74. The van der Waals surface area contributed by atoms with Gasteiger partial charge < -0.3 is 0 Å². The van der Waals surface area contributed by atoms with Crippen LogP contribution in [0.15, 0.2) is 0 Å². The van der Waals surface area contributed by atoms with Crippen LogP contribution in [0.1, 0.15) is 19.8 Å². The minimum atomic E-state index is -4.22. The molecule has 4 nitrogen and oxygen atoms in total. The Morgan fingerprint density at radius 1 is 1.60 bits per heavy atom. The van der Waals surface area contributed by atoms with E-state index in [1.807, 2.05) is 13.3 Å². The van der Waals surface area contributed by atoms with Gasteiger partial charge >= 0.3 is 10.4 Å². The van der Waals surface area contributed by atoms with E-state index in [2.05, 4.69) is 4.18 Å². The lowest BCUT2D eigenvalue weighted by atomic mass is 10.3. The summed E-state index contributed by atoms with van der Waals surface area (Å²) in [5.41, 5.74) is 0. The molecule has 0 aromatic heterocycles. The van der Waals surface area contributed by atoms with Crippen LogP contribution in [-0.2, 0) is 14.6 Å². The van der Waals surface area contributed by atoms with Crippen LogP contribution in [0.3, 0.4) is 0 Å². The zero-order valence-electron chi connectivity index (χ0n) is 5.78. The molecule has 0 spiro atoms. The highest BCUT2D eigenvalue weighted by Crippen LogP contribution is 1.94. The molecule has 0 aliphatic carbocycles. The summed E-state index contributed by atoms with van der Waals surface area (Å²) in [5, 5.41) is 0. The van der Waals surface area contributed by atoms with Crippen molar-refractivity contribution in [2.75, 3.05) is 6.61 Å². The van der Waals surface area contributed by atoms with Crippen molar-refractivity contribution in [2.45, 2.75) is 19.8 Å². The highest BCUT2D eigenvalue weighted by atomic mass is 32.3. The maximum Gasteiger partial charge on any atom is 0.397 e. The van der Waals surface area contributed by atoms with Crippen LogP contribution >= 0.6 is 0 Å². The molecule has 5 heteroatoms. The van der Waals surface area contributed by atoms with Gasteiger partial charge in [-0.25, -0.2) is 4.18 Å². The van der Waals surface area contributed by atoms with Gasteiger partial charge in [0.05, 0.1) is 6.61 Å². The first-order valence-electron chi connectivity index (χ1n) is 2.99. The molecule has 1 N–H and O–H groups in total. The normalized spacial score (nSPS) is 11.8. The van der Waals surface area contributed by atoms with Crippen molar-refractivity contribution in [2.24, 2.45) is 0 Å². The van der Waals surface area contributed by atoms with Crippen LogP contribution < -0.4 is 0 Å². The van der Waals surface area contributed by atoms with E-state index in [-0.39, 0.29) is 6.61 Å². The van der Waals surface area contributed by atoms with Gasteiger partial charge in [0.1, 0.15) is 0 Å². The fourth-order valence-corrected chi connectivity index (χ4v) is 0.748. The molecule has 0 amide bonds. The Hall–Kier alpha value is -0.130. The van der Waals surface area contributed by atoms with Gasteiger partial charge in [0.15, 0.2) is 0 Å². The fraction of sp³-hybridized carbons (Fsp3) is 0.800. The van der Waals surface area contributed by atoms with Gasteiger partial charge in [-0.3, -0.25) is 4.55 Å².